The minimum Gasteiger partial charge on any atom is -0.399 e. The van der Waals surface area contributed by atoms with Crippen molar-refractivity contribution in [1.29, 1.82) is 5.41 Å². The molecule has 2 aliphatic rings. The third-order valence-electron chi connectivity index (χ3n) is 4.21. The Morgan fingerprint density at radius 2 is 1.84 bits per heavy atom. The number of rotatable bonds is 2. The van der Waals surface area contributed by atoms with Crippen molar-refractivity contribution in [2.45, 2.75) is 13.3 Å². The molecule has 2 aromatic rings. The Bertz CT molecular complexity index is 1250. The minimum atomic E-state index is -2.93. The van der Waals surface area contributed by atoms with Crippen molar-refractivity contribution in [2.75, 3.05) is 5.73 Å². The Balaban J connectivity index is 0.00000256. The summed E-state index contributed by atoms with van der Waals surface area (Å²) in [5, 5.41) is 9.68. The van der Waals surface area contributed by atoms with Gasteiger partial charge < -0.3 is 15.7 Å². The number of nitrogens with zero attached hydrogens (tertiary/aromatic N) is 1. The number of aromatic nitrogens is 1. The molecule has 0 radical (unpaired) electrons. The van der Waals surface area contributed by atoms with E-state index >= 15 is 0 Å². The molecule has 3 nitrogen and oxygen atoms in total. The first-order valence-corrected chi connectivity index (χ1v) is 7.60. The van der Waals surface area contributed by atoms with Gasteiger partial charge >= 0.3 is 0 Å². The first kappa shape index (κ1) is 11.9. The van der Waals surface area contributed by atoms with Crippen molar-refractivity contribution < 1.29 is 6.85 Å². The van der Waals surface area contributed by atoms with E-state index in [1.165, 1.54) is 10.6 Å². The van der Waals surface area contributed by atoms with E-state index in [2.05, 4.69) is 0 Å². The highest BCUT2D eigenvalue weighted by molar-refractivity contribution is 8.93. The Labute approximate surface area is 164 Å². The molecule has 3 N–H and O–H groups in total. The van der Waals surface area contributed by atoms with Crippen LogP contribution in [0.3, 0.4) is 0 Å². The van der Waals surface area contributed by atoms with Gasteiger partial charge in [0.1, 0.15) is 0 Å². The van der Waals surface area contributed by atoms with Crippen LogP contribution in [0.2, 0.25) is 0 Å². The van der Waals surface area contributed by atoms with Gasteiger partial charge in [-0.15, -0.1) is 17.0 Å². The zero-order valence-electron chi connectivity index (χ0n) is 18.3. The molecule has 1 aliphatic carbocycles. The van der Waals surface area contributed by atoms with Gasteiger partial charge in [0.25, 0.3) is 0 Å². The SMILES string of the molecule is Br.[2H]C([2H])([2H])C([2H])([2H])n1c2cc(=N)ccc-2c2ccc(N)cc2c1-c1ccccc1. The average Bonchev–Trinajstić information content (AvgIpc) is 2.66. The van der Waals surface area contributed by atoms with Gasteiger partial charge in [0.2, 0.25) is 0 Å². The van der Waals surface area contributed by atoms with Gasteiger partial charge in [-0.3, -0.25) is 0 Å². The van der Waals surface area contributed by atoms with Crippen LogP contribution in [0.4, 0.5) is 5.69 Å². The van der Waals surface area contributed by atoms with Crippen LogP contribution in [0.25, 0.3) is 33.3 Å². The smallest absolute Gasteiger partial charge is 0.0565 e. The third-order valence-corrected chi connectivity index (χ3v) is 4.21. The van der Waals surface area contributed by atoms with E-state index in [-0.39, 0.29) is 22.3 Å². The highest BCUT2D eigenvalue weighted by Crippen LogP contribution is 2.38. The van der Waals surface area contributed by atoms with Gasteiger partial charge in [-0.05, 0) is 42.1 Å². The second kappa shape index (κ2) is 6.73. The fraction of sp³-hybridized carbons (Fsp3) is 0.0952. The summed E-state index contributed by atoms with van der Waals surface area (Å²) in [6, 6.07) is 19.2. The van der Waals surface area contributed by atoms with Crippen molar-refractivity contribution in [3.63, 3.8) is 0 Å². The molecular formula is C21H20BrN3. The number of hydrogen-bond acceptors (Lipinski definition) is 2. The van der Waals surface area contributed by atoms with E-state index in [9.17, 15) is 0 Å². The lowest BCUT2D eigenvalue weighted by molar-refractivity contribution is 0.776. The Hall–Kier alpha value is -2.59. The molecular weight excluding hydrogens is 374 g/mol. The first-order valence-electron chi connectivity index (χ1n) is 10.1. The monoisotopic (exact) mass is 398 g/mol. The molecule has 0 spiro atoms. The summed E-state index contributed by atoms with van der Waals surface area (Å²) < 4.78 is 42.0. The lowest BCUT2D eigenvalue weighted by Gasteiger charge is -2.23. The number of nitrogen functional groups attached to an aromatic ring is 1. The van der Waals surface area contributed by atoms with Gasteiger partial charge in [-0.25, -0.2) is 0 Å². The van der Waals surface area contributed by atoms with Crippen molar-refractivity contribution >= 4 is 33.4 Å². The highest BCUT2D eigenvalue weighted by Gasteiger charge is 2.17. The Kier molecular flexibility index (Phi) is 3.20. The zero-order chi connectivity index (χ0) is 21.0. The maximum atomic E-state index is 8.56. The summed E-state index contributed by atoms with van der Waals surface area (Å²) in [5.41, 5.74) is 8.60. The maximum Gasteiger partial charge on any atom is 0.0565 e. The van der Waals surface area contributed by atoms with E-state index in [4.69, 9.17) is 18.0 Å². The highest BCUT2D eigenvalue weighted by atomic mass is 79.9. The molecule has 0 atom stereocenters. The van der Waals surface area contributed by atoms with Gasteiger partial charge in [0.15, 0.2) is 0 Å². The maximum absolute atomic E-state index is 8.56. The van der Waals surface area contributed by atoms with Crippen molar-refractivity contribution in [2.24, 2.45) is 0 Å². The predicted octanol–water partition coefficient (Wildman–Crippen LogP) is 5.07. The van der Waals surface area contributed by atoms with E-state index in [1.54, 1.807) is 36.4 Å². The molecule has 1 aliphatic heterocycles. The molecule has 4 heteroatoms. The molecule has 1 heterocycles. The summed E-state index contributed by atoms with van der Waals surface area (Å²) in [5.74, 6) is 0. The summed E-state index contributed by atoms with van der Waals surface area (Å²) in [6.07, 6.45) is 0. The fourth-order valence-electron chi connectivity index (χ4n) is 3.17. The van der Waals surface area contributed by atoms with Crippen LogP contribution >= 0.6 is 17.0 Å². The topological polar surface area (TPSA) is 54.8 Å². The van der Waals surface area contributed by atoms with E-state index in [0.717, 1.165) is 5.39 Å². The van der Waals surface area contributed by atoms with Gasteiger partial charge in [0.05, 0.1) is 16.7 Å². The lowest BCUT2D eigenvalue weighted by atomic mass is 9.95. The van der Waals surface area contributed by atoms with Crippen molar-refractivity contribution in [3.05, 3.63) is 72.1 Å². The molecule has 126 valence electrons. The molecule has 4 rings (SSSR count). The van der Waals surface area contributed by atoms with Crippen LogP contribution in [0, 0.1) is 5.41 Å². The van der Waals surface area contributed by atoms with Gasteiger partial charge in [0, 0.05) is 30.0 Å². The number of fused-ring (bicyclic) bond motifs is 3. The first-order chi connectivity index (χ1) is 13.6. The Morgan fingerprint density at radius 3 is 2.60 bits per heavy atom. The standard InChI is InChI=1S/C21H19N3.BrH/c1-2-24-20-13-16(23)9-11-18(20)17-10-8-15(22)12-19(17)21(24)14-6-4-3-5-7-14;/h3-13,23H,2,22H2,1H3;1H/i1D3,2D2;. The van der Waals surface area contributed by atoms with Crippen LogP contribution in [-0.2, 0) is 6.50 Å². The fourth-order valence-corrected chi connectivity index (χ4v) is 3.17. The van der Waals surface area contributed by atoms with Crippen LogP contribution in [-0.4, -0.2) is 4.57 Å². The van der Waals surface area contributed by atoms with E-state index in [0.29, 0.717) is 33.6 Å². The number of anilines is 1. The Morgan fingerprint density at radius 1 is 1.04 bits per heavy atom. The van der Waals surface area contributed by atoms with Crippen molar-refractivity contribution in [1.82, 2.24) is 4.57 Å². The number of benzene rings is 3. The van der Waals surface area contributed by atoms with Crippen LogP contribution in [0.15, 0.2) is 66.7 Å². The number of halogens is 1. The summed E-state index contributed by atoms with van der Waals surface area (Å²) in [4.78, 5) is 0. The summed E-state index contributed by atoms with van der Waals surface area (Å²) >= 11 is 0. The number of pyridine rings is 1. The second-order valence-corrected chi connectivity index (χ2v) is 5.70. The lowest BCUT2D eigenvalue weighted by Crippen LogP contribution is -2.11. The molecule has 0 fully saturated rings. The molecule has 0 saturated heterocycles. The van der Waals surface area contributed by atoms with Gasteiger partial charge in [-0.1, -0.05) is 42.5 Å². The number of hydrogen-bond donors (Lipinski definition) is 2. The third kappa shape index (κ3) is 2.83. The van der Waals surface area contributed by atoms with Crippen LogP contribution in [0.5, 0.6) is 0 Å². The molecule has 0 amide bonds. The van der Waals surface area contributed by atoms with Crippen LogP contribution < -0.4 is 11.1 Å². The molecule has 2 aromatic carbocycles. The average molecular weight is 399 g/mol. The van der Waals surface area contributed by atoms with Crippen LogP contribution in [0.1, 0.15) is 13.7 Å². The number of nitrogens with two attached hydrogens (primary N) is 1. The molecule has 25 heavy (non-hydrogen) atoms. The zero-order valence-corrected chi connectivity index (χ0v) is 15.0. The van der Waals surface area contributed by atoms with Crippen molar-refractivity contribution in [3.8, 4) is 22.5 Å². The second-order valence-electron chi connectivity index (χ2n) is 5.70. The normalized spacial score (nSPS) is 14.8. The quantitative estimate of drug-likeness (QED) is 0.359. The number of nitrogens with one attached hydrogen (secondary N) is 1. The van der Waals surface area contributed by atoms with Gasteiger partial charge in [-0.2, -0.15) is 0 Å². The largest absolute Gasteiger partial charge is 0.399 e. The molecule has 0 unspecified atom stereocenters. The summed E-state index contributed by atoms with van der Waals surface area (Å²) in [6.45, 7) is -5.65. The minimum absolute atomic E-state index is 0. The molecule has 0 bridgehead atoms. The van der Waals surface area contributed by atoms with E-state index in [1.807, 2.05) is 24.3 Å². The van der Waals surface area contributed by atoms with E-state index < -0.39 is 13.3 Å². The summed E-state index contributed by atoms with van der Waals surface area (Å²) in [7, 11) is 0. The molecule has 0 saturated carbocycles. The predicted molar refractivity (Wildman–Crippen MR) is 110 cm³/mol. The molecule has 0 aromatic heterocycles.